The molecule has 142 valence electrons. The average molecular weight is 376 g/mol. The van der Waals surface area contributed by atoms with Crippen LogP contribution in [0, 0.1) is 30.9 Å². The minimum absolute atomic E-state index is 0.0326. The van der Waals surface area contributed by atoms with Crippen molar-refractivity contribution in [1.82, 2.24) is 9.99 Å². The Morgan fingerprint density at radius 2 is 1.79 bits per heavy atom. The molecule has 7 nitrogen and oxygen atoms in total. The van der Waals surface area contributed by atoms with Gasteiger partial charge in [0.25, 0.3) is 11.6 Å². The maximum Gasteiger partial charge on any atom is 0.282 e. The number of amides is 1. The number of nitro benzene ring substituents is 1. The SMILES string of the molecule is Cc1ccc(-n2c(C)cc(/C=N\NC(=O)c3ccccc3[N+](=O)[O-])c2C)cc1. The van der Waals surface area contributed by atoms with Crippen LogP contribution in [-0.2, 0) is 0 Å². The van der Waals surface area contributed by atoms with Gasteiger partial charge >= 0.3 is 0 Å². The summed E-state index contributed by atoms with van der Waals surface area (Å²) in [5, 5.41) is 15.0. The molecule has 0 saturated heterocycles. The summed E-state index contributed by atoms with van der Waals surface area (Å²) >= 11 is 0. The minimum atomic E-state index is -0.629. The van der Waals surface area contributed by atoms with Crippen molar-refractivity contribution in [3.05, 3.63) is 92.8 Å². The second-order valence-electron chi connectivity index (χ2n) is 6.47. The van der Waals surface area contributed by atoms with Gasteiger partial charge in [0, 0.05) is 28.7 Å². The zero-order chi connectivity index (χ0) is 20.3. The molecule has 1 amide bonds. The number of carbonyl (C=O) groups is 1. The summed E-state index contributed by atoms with van der Waals surface area (Å²) in [6.07, 6.45) is 1.54. The van der Waals surface area contributed by atoms with E-state index in [9.17, 15) is 14.9 Å². The summed E-state index contributed by atoms with van der Waals surface area (Å²) in [6.45, 7) is 6.01. The molecule has 0 unspecified atom stereocenters. The van der Waals surface area contributed by atoms with Gasteiger partial charge in [0.15, 0.2) is 0 Å². The fraction of sp³-hybridized carbons (Fsp3) is 0.143. The lowest BCUT2D eigenvalue weighted by Gasteiger charge is -2.09. The highest BCUT2D eigenvalue weighted by Crippen LogP contribution is 2.20. The molecule has 3 aromatic rings. The van der Waals surface area contributed by atoms with Gasteiger partial charge in [-0.05, 0) is 45.0 Å². The third kappa shape index (κ3) is 3.83. The summed E-state index contributed by atoms with van der Waals surface area (Å²) in [6, 6.07) is 15.9. The number of para-hydroxylation sites is 1. The Morgan fingerprint density at radius 1 is 1.11 bits per heavy atom. The number of hydrazone groups is 1. The fourth-order valence-corrected chi connectivity index (χ4v) is 3.05. The van der Waals surface area contributed by atoms with Gasteiger partial charge in [-0.3, -0.25) is 14.9 Å². The van der Waals surface area contributed by atoms with Gasteiger partial charge in [-0.2, -0.15) is 5.10 Å². The third-order valence-corrected chi connectivity index (χ3v) is 4.48. The van der Waals surface area contributed by atoms with Crippen LogP contribution in [0.15, 0.2) is 59.7 Å². The van der Waals surface area contributed by atoms with Gasteiger partial charge < -0.3 is 4.57 Å². The van der Waals surface area contributed by atoms with E-state index in [0.717, 1.165) is 22.6 Å². The number of nitrogens with one attached hydrogen (secondary N) is 1. The highest BCUT2D eigenvalue weighted by atomic mass is 16.6. The number of carbonyl (C=O) groups excluding carboxylic acids is 1. The molecule has 1 aromatic heterocycles. The Balaban J connectivity index is 1.80. The molecule has 0 aliphatic carbocycles. The molecule has 0 atom stereocenters. The predicted molar refractivity (Wildman–Crippen MR) is 108 cm³/mol. The summed E-state index contributed by atoms with van der Waals surface area (Å²) in [4.78, 5) is 22.7. The second kappa shape index (κ2) is 7.87. The van der Waals surface area contributed by atoms with Gasteiger partial charge in [-0.25, -0.2) is 5.43 Å². The van der Waals surface area contributed by atoms with Crippen LogP contribution >= 0.6 is 0 Å². The van der Waals surface area contributed by atoms with Crippen molar-refractivity contribution >= 4 is 17.8 Å². The molecule has 0 fully saturated rings. The standard InChI is InChI=1S/C21H20N4O3/c1-14-8-10-18(11-9-14)24-15(2)12-17(16(24)3)13-22-23-21(26)19-6-4-5-7-20(19)25(27)28/h4-13H,1-3H3,(H,23,26)/b22-13-. The van der Waals surface area contributed by atoms with E-state index in [1.165, 1.54) is 23.8 Å². The largest absolute Gasteiger partial charge is 0.318 e. The Hall–Kier alpha value is -3.74. The molecular formula is C21H20N4O3. The van der Waals surface area contributed by atoms with Crippen LogP contribution in [0.3, 0.4) is 0 Å². The molecule has 0 saturated carbocycles. The van der Waals surface area contributed by atoms with Crippen LogP contribution in [-0.4, -0.2) is 21.6 Å². The van der Waals surface area contributed by atoms with E-state index in [1.807, 2.05) is 39.0 Å². The highest BCUT2D eigenvalue weighted by Gasteiger charge is 2.18. The van der Waals surface area contributed by atoms with Gasteiger partial charge in [-0.1, -0.05) is 29.8 Å². The lowest BCUT2D eigenvalue weighted by Crippen LogP contribution is -2.19. The van der Waals surface area contributed by atoms with Crippen molar-refractivity contribution in [2.75, 3.05) is 0 Å². The molecule has 0 aliphatic rings. The Bertz CT molecular complexity index is 1070. The second-order valence-corrected chi connectivity index (χ2v) is 6.47. The number of benzene rings is 2. The van der Waals surface area contributed by atoms with Crippen LogP contribution in [0.25, 0.3) is 5.69 Å². The number of nitrogens with zero attached hydrogens (tertiary/aromatic N) is 3. The van der Waals surface area contributed by atoms with Crippen molar-refractivity contribution in [2.45, 2.75) is 20.8 Å². The molecule has 2 aromatic carbocycles. The lowest BCUT2D eigenvalue weighted by atomic mass is 10.2. The zero-order valence-corrected chi connectivity index (χ0v) is 15.8. The zero-order valence-electron chi connectivity index (χ0n) is 15.8. The van der Waals surface area contributed by atoms with E-state index >= 15 is 0 Å². The summed E-state index contributed by atoms with van der Waals surface area (Å²) in [7, 11) is 0. The van der Waals surface area contributed by atoms with Crippen molar-refractivity contribution in [3.63, 3.8) is 0 Å². The Labute approximate surface area is 162 Å². The first-order chi connectivity index (χ1) is 13.4. The van der Waals surface area contributed by atoms with Crippen molar-refractivity contribution in [1.29, 1.82) is 0 Å². The van der Waals surface area contributed by atoms with E-state index < -0.39 is 10.8 Å². The first kappa shape index (κ1) is 19.0. The van der Waals surface area contributed by atoms with Crippen LogP contribution in [0.1, 0.15) is 32.9 Å². The van der Waals surface area contributed by atoms with Gasteiger partial charge in [0.05, 0.1) is 11.1 Å². The monoisotopic (exact) mass is 376 g/mol. The number of hydrogen-bond donors (Lipinski definition) is 1. The molecule has 3 rings (SSSR count). The lowest BCUT2D eigenvalue weighted by molar-refractivity contribution is -0.385. The summed E-state index contributed by atoms with van der Waals surface area (Å²) < 4.78 is 2.10. The fourth-order valence-electron chi connectivity index (χ4n) is 3.05. The molecule has 0 radical (unpaired) electrons. The van der Waals surface area contributed by atoms with E-state index in [1.54, 1.807) is 12.3 Å². The molecule has 0 bridgehead atoms. The summed E-state index contributed by atoms with van der Waals surface area (Å²) in [5.41, 5.74) is 7.16. The van der Waals surface area contributed by atoms with E-state index in [4.69, 9.17) is 0 Å². The number of aryl methyl sites for hydroxylation is 2. The number of aromatic nitrogens is 1. The van der Waals surface area contributed by atoms with Crippen LogP contribution in [0.4, 0.5) is 5.69 Å². The van der Waals surface area contributed by atoms with Crippen molar-refractivity contribution < 1.29 is 9.72 Å². The summed E-state index contributed by atoms with van der Waals surface area (Å²) in [5.74, 6) is -0.629. The van der Waals surface area contributed by atoms with Gasteiger partial charge in [0.1, 0.15) is 5.56 Å². The van der Waals surface area contributed by atoms with Gasteiger partial charge in [-0.15, -0.1) is 0 Å². The van der Waals surface area contributed by atoms with Crippen LogP contribution < -0.4 is 5.43 Å². The van der Waals surface area contributed by atoms with E-state index in [0.29, 0.717) is 0 Å². The topological polar surface area (TPSA) is 89.5 Å². The number of hydrogen-bond acceptors (Lipinski definition) is 4. The van der Waals surface area contributed by atoms with Crippen molar-refractivity contribution in [2.24, 2.45) is 5.10 Å². The normalized spacial score (nSPS) is 11.0. The maximum atomic E-state index is 12.2. The van der Waals surface area contributed by atoms with E-state index in [2.05, 4.69) is 27.2 Å². The molecule has 28 heavy (non-hydrogen) atoms. The quantitative estimate of drug-likeness (QED) is 0.413. The highest BCUT2D eigenvalue weighted by molar-refractivity contribution is 5.98. The molecule has 1 heterocycles. The molecule has 0 spiro atoms. The molecule has 7 heteroatoms. The van der Waals surface area contributed by atoms with Gasteiger partial charge in [0.2, 0.25) is 0 Å². The van der Waals surface area contributed by atoms with E-state index in [-0.39, 0.29) is 11.3 Å². The Kier molecular flexibility index (Phi) is 5.35. The minimum Gasteiger partial charge on any atom is -0.318 e. The first-order valence-electron chi connectivity index (χ1n) is 8.71. The molecular weight excluding hydrogens is 356 g/mol. The first-order valence-corrected chi connectivity index (χ1v) is 8.71. The third-order valence-electron chi connectivity index (χ3n) is 4.48. The average Bonchev–Trinajstić information content (AvgIpc) is 2.96. The molecule has 0 aliphatic heterocycles. The number of nitro groups is 1. The van der Waals surface area contributed by atoms with Crippen molar-refractivity contribution in [3.8, 4) is 5.69 Å². The smallest absolute Gasteiger partial charge is 0.282 e. The Morgan fingerprint density at radius 3 is 2.46 bits per heavy atom. The number of rotatable bonds is 5. The molecule has 1 N–H and O–H groups in total. The van der Waals surface area contributed by atoms with Crippen LogP contribution in [0.2, 0.25) is 0 Å². The van der Waals surface area contributed by atoms with Crippen LogP contribution in [0.5, 0.6) is 0 Å². The maximum absolute atomic E-state index is 12.2. The predicted octanol–water partition coefficient (Wildman–Crippen LogP) is 4.07.